The lowest BCUT2D eigenvalue weighted by Crippen LogP contribution is -2.10. The third kappa shape index (κ3) is 4.56. The third-order valence-electron chi connectivity index (χ3n) is 5.13. The van der Waals surface area contributed by atoms with Crippen LogP contribution in [0.15, 0.2) is 58.1 Å². The Morgan fingerprint density at radius 2 is 1.61 bits per heavy atom. The van der Waals surface area contributed by atoms with Crippen molar-refractivity contribution >= 4 is 11.8 Å². The topological polar surface area (TPSA) is 69.6 Å². The number of benzene rings is 2. The van der Waals surface area contributed by atoms with E-state index in [4.69, 9.17) is 4.42 Å². The number of aryl methyl sites for hydroxylation is 2. The molecule has 0 unspecified atom stereocenters. The molecule has 31 heavy (non-hydrogen) atoms. The van der Waals surface area contributed by atoms with E-state index in [0.29, 0.717) is 17.5 Å². The fourth-order valence-corrected chi connectivity index (χ4v) is 4.10. The molecule has 0 fully saturated rings. The summed E-state index contributed by atoms with van der Waals surface area (Å²) in [5.41, 5.74) is 4.63. The molecule has 0 N–H and O–H groups in total. The van der Waals surface area contributed by atoms with Crippen molar-refractivity contribution in [3.05, 3.63) is 71.4 Å². The number of thioether (sulfide) groups is 1. The van der Waals surface area contributed by atoms with Crippen molar-refractivity contribution in [3.8, 4) is 17.1 Å². The lowest BCUT2D eigenvalue weighted by molar-refractivity contribution is 0.470. The molecule has 2 aromatic heterocycles. The molecular weight excluding hydrogens is 406 g/mol. The first-order valence-corrected chi connectivity index (χ1v) is 11.4. The highest BCUT2D eigenvalue weighted by atomic mass is 32.2. The standard InChI is InChI=1S/C24H27N5OS/c1-6-20-25-26-21(30-20)15-31-23-28-27-22(29(23)19-10-8-7-9-16(19)2)17-11-13-18(14-12-17)24(3,4)5/h7-14H,6,15H2,1-5H3. The second-order valence-electron chi connectivity index (χ2n) is 8.49. The van der Waals surface area contributed by atoms with Crippen molar-refractivity contribution in [1.82, 2.24) is 25.0 Å². The minimum Gasteiger partial charge on any atom is -0.424 e. The smallest absolute Gasteiger partial charge is 0.226 e. The fourth-order valence-electron chi connectivity index (χ4n) is 3.32. The second kappa shape index (κ2) is 8.67. The van der Waals surface area contributed by atoms with Gasteiger partial charge in [-0.25, -0.2) is 0 Å². The van der Waals surface area contributed by atoms with Crippen LogP contribution < -0.4 is 0 Å². The van der Waals surface area contributed by atoms with Gasteiger partial charge in [0.25, 0.3) is 0 Å². The van der Waals surface area contributed by atoms with Crippen LogP contribution in [0.3, 0.4) is 0 Å². The molecule has 0 amide bonds. The Bertz CT molecular complexity index is 1170. The first kappa shape index (κ1) is 21.3. The van der Waals surface area contributed by atoms with Crippen molar-refractivity contribution in [2.45, 2.75) is 57.4 Å². The normalized spacial score (nSPS) is 11.8. The molecule has 4 rings (SSSR count). The van der Waals surface area contributed by atoms with E-state index in [1.54, 1.807) is 11.8 Å². The number of nitrogens with zero attached hydrogens (tertiary/aromatic N) is 5. The molecule has 0 spiro atoms. The predicted octanol–water partition coefficient (Wildman–Crippen LogP) is 5.78. The molecule has 0 aliphatic carbocycles. The average molecular weight is 434 g/mol. The SMILES string of the molecule is CCc1nnc(CSc2nnc(-c3ccc(C(C)(C)C)cc3)n2-c2ccccc2C)o1. The fraction of sp³-hybridized carbons (Fsp3) is 0.333. The molecule has 0 saturated carbocycles. The van der Waals surface area contributed by atoms with Gasteiger partial charge in [0.15, 0.2) is 11.0 Å². The Morgan fingerprint density at radius 3 is 2.26 bits per heavy atom. The molecule has 4 aromatic rings. The summed E-state index contributed by atoms with van der Waals surface area (Å²) in [6, 6.07) is 16.9. The van der Waals surface area contributed by atoms with Crippen LogP contribution in [-0.4, -0.2) is 25.0 Å². The van der Waals surface area contributed by atoms with Gasteiger partial charge < -0.3 is 4.42 Å². The lowest BCUT2D eigenvalue weighted by Gasteiger charge is -2.19. The van der Waals surface area contributed by atoms with E-state index in [0.717, 1.165) is 34.2 Å². The zero-order valence-corrected chi connectivity index (χ0v) is 19.4. The minimum atomic E-state index is 0.102. The number of hydrogen-bond donors (Lipinski definition) is 0. The van der Waals surface area contributed by atoms with Crippen LogP contribution in [-0.2, 0) is 17.6 Å². The van der Waals surface area contributed by atoms with Gasteiger partial charge in [0.05, 0.1) is 11.4 Å². The molecule has 0 aliphatic heterocycles. The first-order valence-electron chi connectivity index (χ1n) is 10.4. The largest absolute Gasteiger partial charge is 0.424 e. The molecule has 6 nitrogen and oxygen atoms in total. The summed E-state index contributed by atoms with van der Waals surface area (Å²) < 4.78 is 7.77. The zero-order chi connectivity index (χ0) is 22.0. The van der Waals surface area contributed by atoms with E-state index in [-0.39, 0.29) is 5.41 Å². The van der Waals surface area contributed by atoms with Crippen LogP contribution in [0.25, 0.3) is 17.1 Å². The Kier molecular flexibility index (Phi) is 5.96. The van der Waals surface area contributed by atoms with Gasteiger partial charge in [-0.2, -0.15) is 0 Å². The summed E-state index contributed by atoms with van der Waals surface area (Å²) in [4.78, 5) is 0. The van der Waals surface area contributed by atoms with Crippen LogP contribution in [0, 0.1) is 6.92 Å². The van der Waals surface area contributed by atoms with Crippen LogP contribution >= 0.6 is 11.8 Å². The first-order chi connectivity index (χ1) is 14.9. The molecule has 160 valence electrons. The number of rotatable bonds is 6. The maximum atomic E-state index is 5.66. The highest BCUT2D eigenvalue weighted by Crippen LogP contribution is 2.32. The summed E-state index contributed by atoms with van der Waals surface area (Å²) in [5, 5.41) is 18.0. The van der Waals surface area contributed by atoms with Gasteiger partial charge in [-0.05, 0) is 29.5 Å². The van der Waals surface area contributed by atoms with Crippen LogP contribution in [0.5, 0.6) is 0 Å². The second-order valence-corrected chi connectivity index (χ2v) is 9.43. The maximum Gasteiger partial charge on any atom is 0.226 e. The summed E-state index contributed by atoms with van der Waals surface area (Å²) in [6.45, 7) is 10.7. The highest BCUT2D eigenvalue weighted by Gasteiger charge is 2.20. The molecule has 2 heterocycles. The van der Waals surface area contributed by atoms with Crippen LogP contribution in [0.1, 0.15) is 50.6 Å². The summed E-state index contributed by atoms with van der Waals surface area (Å²) in [6.07, 6.45) is 0.728. The van der Waals surface area contributed by atoms with E-state index in [1.807, 2.05) is 19.1 Å². The molecule has 0 aliphatic rings. The monoisotopic (exact) mass is 433 g/mol. The van der Waals surface area contributed by atoms with Crippen molar-refractivity contribution < 1.29 is 4.42 Å². The molecule has 7 heteroatoms. The maximum absolute atomic E-state index is 5.66. The summed E-state index contributed by atoms with van der Waals surface area (Å²) in [5.74, 6) is 2.60. The van der Waals surface area contributed by atoms with Gasteiger partial charge in [0, 0.05) is 12.0 Å². The Balaban J connectivity index is 1.73. The van der Waals surface area contributed by atoms with Gasteiger partial charge in [-0.3, -0.25) is 4.57 Å². The quantitative estimate of drug-likeness (QED) is 0.359. The van der Waals surface area contributed by atoms with Gasteiger partial charge in [0.2, 0.25) is 11.8 Å². The predicted molar refractivity (Wildman–Crippen MR) is 123 cm³/mol. The van der Waals surface area contributed by atoms with E-state index in [1.165, 1.54) is 5.56 Å². The van der Waals surface area contributed by atoms with Gasteiger partial charge in [-0.15, -0.1) is 20.4 Å². The zero-order valence-electron chi connectivity index (χ0n) is 18.6. The number of hydrogen-bond acceptors (Lipinski definition) is 6. The summed E-state index contributed by atoms with van der Waals surface area (Å²) >= 11 is 1.54. The average Bonchev–Trinajstić information content (AvgIpc) is 3.39. The van der Waals surface area contributed by atoms with E-state index in [2.05, 4.69) is 89.1 Å². The third-order valence-corrected chi connectivity index (χ3v) is 6.05. The minimum absolute atomic E-state index is 0.102. The molecule has 2 aromatic carbocycles. The van der Waals surface area contributed by atoms with E-state index in [9.17, 15) is 0 Å². The molecule has 0 bridgehead atoms. The Hall–Kier alpha value is -2.93. The highest BCUT2D eigenvalue weighted by molar-refractivity contribution is 7.98. The van der Waals surface area contributed by atoms with E-state index >= 15 is 0 Å². The molecule has 0 radical (unpaired) electrons. The van der Waals surface area contributed by atoms with Crippen LogP contribution in [0.4, 0.5) is 0 Å². The van der Waals surface area contributed by atoms with Gasteiger partial charge >= 0.3 is 0 Å². The van der Waals surface area contributed by atoms with Crippen molar-refractivity contribution in [1.29, 1.82) is 0 Å². The lowest BCUT2D eigenvalue weighted by atomic mass is 9.87. The molecule has 0 atom stereocenters. The van der Waals surface area contributed by atoms with Crippen molar-refractivity contribution in [3.63, 3.8) is 0 Å². The number of para-hydroxylation sites is 1. The molecular formula is C24H27N5OS. The van der Waals surface area contributed by atoms with Crippen molar-refractivity contribution in [2.24, 2.45) is 0 Å². The van der Waals surface area contributed by atoms with E-state index < -0.39 is 0 Å². The Labute approximate surface area is 187 Å². The Morgan fingerprint density at radius 1 is 0.903 bits per heavy atom. The van der Waals surface area contributed by atoms with Gasteiger partial charge in [-0.1, -0.05) is 81.9 Å². The van der Waals surface area contributed by atoms with Gasteiger partial charge in [0.1, 0.15) is 0 Å². The van der Waals surface area contributed by atoms with Crippen molar-refractivity contribution in [2.75, 3.05) is 0 Å². The van der Waals surface area contributed by atoms with Crippen LogP contribution in [0.2, 0.25) is 0 Å². The number of aromatic nitrogens is 5. The summed E-state index contributed by atoms with van der Waals surface area (Å²) in [7, 11) is 0. The molecule has 0 saturated heterocycles.